The van der Waals surface area contributed by atoms with Crippen molar-refractivity contribution < 1.29 is 32.9 Å². The first-order valence-electron chi connectivity index (χ1n) is 8.83. The summed E-state index contributed by atoms with van der Waals surface area (Å²) in [6, 6.07) is 8.03. The van der Waals surface area contributed by atoms with E-state index in [1.54, 1.807) is 31.2 Å². The average Bonchev–Trinajstić information content (AvgIpc) is 2.66. The number of hydrogen-bond acceptors (Lipinski definition) is 7. The number of carbonyl (C=O) groups excluding carboxylic acids is 4. The minimum atomic E-state index is -1.48. The monoisotopic (exact) mass is 420 g/mol. The highest BCUT2D eigenvalue weighted by Crippen LogP contribution is 2.35. The summed E-state index contributed by atoms with van der Waals surface area (Å²) in [6.45, 7) is 2.16. The van der Waals surface area contributed by atoms with Crippen LogP contribution in [0.2, 0.25) is 0 Å². The Labute approximate surface area is 169 Å². The van der Waals surface area contributed by atoms with Crippen LogP contribution < -0.4 is 5.32 Å². The molecular formula is C19H20N2O7S. The van der Waals surface area contributed by atoms with Crippen LogP contribution in [0.25, 0.3) is 0 Å². The molecule has 0 radical (unpaired) electrons. The maximum Gasteiger partial charge on any atom is 0.357 e. The van der Waals surface area contributed by atoms with Gasteiger partial charge < -0.3 is 14.8 Å². The number of nitrogens with one attached hydrogen (secondary N) is 1. The predicted molar refractivity (Wildman–Crippen MR) is 101 cm³/mol. The van der Waals surface area contributed by atoms with E-state index >= 15 is 0 Å². The molecule has 0 aliphatic carbocycles. The second kappa shape index (κ2) is 8.56. The Kier molecular flexibility index (Phi) is 6.12. The van der Waals surface area contributed by atoms with Gasteiger partial charge in [-0.1, -0.05) is 30.3 Å². The second-order valence-electron chi connectivity index (χ2n) is 6.65. The van der Waals surface area contributed by atoms with E-state index in [1.165, 1.54) is 6.92 Å². The number of esters is 2. The summed E-state index contributed by atoms with van der Waals surface area (Å²) < 4.78 is 22.0. The summed E-state index contributed by atoms with van der Waals surface area (Å²) in [5.41, 5.74) is 1.18. The molecule has 0 spiro atoms. The maximum absolute atomic E-state index is 12.6. The molecule has 9 nitrogen and oxygen atoms in total. The highest BCUT2D eigenvalue weighted by Gasteiger charge is 2.56. The van der Waals surface area contributed by atoms with Crippen molar-refractivity contribution in [1.29, 1.82) is 0 Å². The van der Waals surface area contributed by atoms with E-state index < -0.39 is 46.9 Å². The lowest BCUT2D eigenvalue weighted by Crippen LogP contribution is -2.73. The molecule has 1 fully saturated rings. The first-order valence-corrected chi connectivity index (χ1v) is 10.2. The molecule has 154 valence electrons. The SMILES string of the molecule is CC(=O)OCOC(=O)C1=C(C)CS(=O)[C@@H]2[C@H](NC(=O)Cc3ccccc3)C(=O)N12. The smallest absolute Gasteiger partial charge is 0.357 e. The fourth-order valence-electron chi connectivity index (χ4n) is 3.19. The molecule has 0 bridgehead atoms. The van der Waals surface area contributed by atoms with E-state index in [2.05, 4.69) is 10.1 Å². The van der Waals surface area contributed by atoms with Crippen LogP contribution in [0.3, 0.4) is 0 Å². The third kappa shape index (κ3) is 4.37. The lowest BCUT2D eigenvalue weighted by Gasteiger charge is -2.49. The predicted octanol–water partition coefficient (Wildman–Crippen LogP) is -0.0177. The van der Waals surface area contributed by atoms with Crippen LogP contribution in [0.1, 0.15) is 19.4 Å². The summed E-state index contributed by atoms with van der Waals surface area (Å²) in [4.78, 5) is 49.2. The highest BCUT2D eigenvalue weighted by atomic mass is 32.2. The van der Waals surface area contributed by atoms with Gasteiger partial charge in [0.05, 0.1) is 17.2 Å². The van der Waals surface area contributed by atoms with E-state index in [9.17, 15) is 23.4 Å². The number of amides is 2. The Balaban J connectivity index is 1.68. The quantitative estimate of drug-likeness (QED) is 0.390. The van der Waals surface area contributed by atoms with E-state index in [1.807, 2.05) is 6.07 Å². The number of fused-ring (bicyclic) bond motifs is 1. The first-order chi connectivity index (χ1) is 13.8. The number of hydrogen-bond donors (Lipinski definition) is 1. The van der Waals surface area contributed by atoms with Crippen LogP contribution in [-0.2, 0) is 45.9 Å². The van der Waals surface area contributed by atoms with Gasteiger partial charge >= 0.3 is 11.9 Å². The summed E-state index contributed by atoms with van der Waals surface area (Å²) in [5, 5.41) is 1.76. The molecule has 3 atom stereocenters. The molecule has 2 heterocycles. The third-order valence-corrected chi connectivity index (χ3v) is 6.23. The zero-order chi connectivity index (χ0) is 21.1. The molecular weight excluding hydrogens is 400 g/mol. The molecule has 1 N–H and O–H groups in total. The molecule has 29 heavy (non-hydrogen) atoms. The molecule has 2 aliphatic heterocycles. The van der Waals surface area contributed by atoms with Crippen molar-refractivity contribution in [2.24, 2.45) is 0 Å². The van der Waals surface area contributed by atoms with Crippen molar-refractivity contribution in [3.63, 3.8) is 0 Å². The third-order valence-electron chi connectivity index (χ3n) is 4.49. The zero-order valence-corrected chi connectivity index (χ0v) is 16.7. The molecule has 2 aliphatic rings. The summed E-state index contributed by atoms with van der Waals surface area (Å²) >= 11 is 0. The number of rotatable bonds is 6. The Morgan fingerprint density at radius 2 is 1.90 bits per heavy atom. The highest BCUT2D eigenvalue weighted by molar-refractivity contribution is 7.86. The number of benzene rings is 1. The van der Waals surface area contributed by atoms with Gasteiger partial charge in [-0.2, -0.15) is 0 Å². The van der Waals surface area contributed by atoms with Crippen molar-refractivity contribution in [1.82, 2.24) is 10.2 Å². The molecule has 10 heteroatoms. The van der Waals surface area contributed by atoms with Crippen LogP contribution in [0.5, 0.6) is 0 Å². The van der Waals surface area contributed by atoms with E-state index in [0.717, 1.165) is 10.5 Å². The van der Waals surface area contributed by atoms with Crippen LogP contribution in [0.4, 0.5) is 0 Å². The Morgan fingerprint density at radius 3 is 2.55 bits per heavy atom. The van der Waals surface area contributed by atoms with Gasteiger partial charge in [-0.3, -0.25) is 23.5 Å². The van der Waals surface area contributed by atoms with Crippen LogP contribution in [-0.4, -0.2) is 56.8 Å². The van der Waals surface area contributed by atoms with Crippen molar-refractivity contribution in [3.8, 4) is 0 Å². The van der Waals surface area contributed by atoms with Gasteiger partial charge in [0.1, 0.15) is 17.1 Å². The minimum Gasteiger partial charge on any atom is -0.428 e. The molecule has 0 aromatic heterocycles. The van der Waals surface area contributed by atoms with Crippen molar-refractivity contribution >= 4 is 34.6 Å². The van der Waals surface area contributed by atoms with Crippen LogP contribution in [0, 0.1) is 0 Å². The standard InChI is InChI=1S/C19H20N2O7S/c1-11-9-29(26)18-15(20-14(23)8-13-6-4-3-5-7-13)17(24)21(18)16(11)19(25)28-10-27-12(2)22/h3-7,15,18H,8-10H2,1-2H3,(H,20,23)/t15-,18-,29?/m1/s1. The summed E-state index contributed by atoms with van der Waals surface area (Å²) in [5.74, 6) is -2.32. The van der Waals surface area contributed by atoms with Gasteiger partial charge in [-0.15, -0.1) is 0 Å². The number of β-lactam (4-membered cyclic amide) rings is 1. The molecule has 3 rings (SSSR count). The molecule has 2 amide bonds. The van der Waals surface area contributed by atoms with Gasteiger partial charge in [0.25, 0.3) is 5.91 Å². The number of nitrogens with zero attached hydrogens (tertiary/aromatic N) is 1. The molecule has 1 saturated heterocycles. The van der Waals surface area contributed by atoms with Gasteiger partial charge in [0.15, 0.2) is 0 Å². The van der Waals surface area contributed by atoms with Crippen LogP contribution in [0.15, 0.2) is 41.6 Å². The van der Waals surface area contributed by atoms with E-state index in [4.69, 9.17) is 4.74 Å². The molecule has 1 aromatic carbocycles. The minimum absolute atomic E-state index is 0.0275. The largest absolute Gasteiger partial charge is 0.428 e. The fraction of sp³-hybridized carbons (Fsp3) is 0.368. The molecule has 1 unspecified atom stereocenters. The Bertz CT molecular complexity index is 912. The van der Waals surface area contributed by atoms with Gasteiger partial charge in [-0.05, 0) is 18.1 Å². The average molecular weight is 420 g/mol. The Morgan fingerprint density at radius 1 is 1.21 bits per heavy atom. The van der Waals surface area contributed by atoms with E-state index in [-0.39, 0.29) is 23.8 Å². The summed E-state index contributed by atoms with van der Waals surface area (Å²) in [6.07, 6.45) is 0.0795. The van der Waals surface area contributed by atoms with Crippen molar-refractivity contribution in [2.75, 3.05) is 12.5 Å². The lowest BCUT2D eigenvalue weighted by molar-refractivity contribution is -0.166. The van der Waals surface area contributed by atoms with Gasteiger partial charge in [-0.25, -0.2) is 4.79 Å². The summed E-state index contributed by atoms with van der Waals surface area (Å²) in [7, 11) is -1.48. The lowest BCUT2D eigenvalue weighted by atomic mass is 10.0. The Hall–Kier alpha value is -3.01. The topological polar surface area (TPSA) is 119 Å². The zero-order valence-electron chi connectivity index (χ0n) is 15.9. The number of ether oxygens (including phenoxy) is 2. The molecule has 1 aromatic rings. The maximum atomic E-state index is 12.6. The number of carbonyl (C=O) groups is 4. The van der Waals surface area contributed by atoms with Crippen molar-refractivity contribution in [3.05, 3.63) is 47.2 Å². The van der Waals surface area contributed by atoms with Gasteiger partial charge in [0, 0.05) is 12.7 Å². The fourth-order valence-corrected chi connectivity index (χ4v) is 4.86. The second-order valence-corrected chi connectivity index (χ2v) is 8.18. The first kappa shape index (κ1) is 20.7. The van der Waals surface area contributed by atoms with E-state index in [0.29, 0.717) is 5.57 Å². The van der Waals surface area contributed by atoms with Crippen molar-refractivity contribution in [2.45, 2.75) is 31.7 Å². The molecule has 0 saturated carbocycles. The normalized spacial score (nSPS) is 23.0. The van der Waals surface area contributed by atoms with Crippen LogP contribution >= 0.6 is 0 Å². The van der Waals surface area contributed by atoms with Gasteiger partial charge in [0.2, 0.25) is 12.7 Å².